The van der Waals surface area contributed by atoms with Gasteiger partial charge in [0.05, 0.1) is 4.90 Å². The van der Waals surface area contributed by atoms with E-state index in [2.05, 4.69) is 0 Å². The van der Waals surface area contributed by atoms with Crippen molar-refractivity contribution in [3.63, 3.8) is 0 Å². The Kier molecular flexibility index (Phi) is 5.97. The molecule has 1 aromatic carbocycles. The first-order valence-corrected chi connectivity index (χ1v) is 7.80. The number of rotatable bonds is 8. The summed E-state index contributed by atoms with van der Waals surface area (Å²) in [5.41, 5.74) is 0. The number of aliphatic carboxylic acids is 1. The van der Waals surface area contributed by atoms with Gasteiger partial charge in [-0.3, -0.25) is 0 Å². The van der Waals surface area contributed by atoms with Crippen LogP contribution in [0.1, 0.15) is 20.3 Å². The molecular formula is C13H19NO5S. The lowest BCUT2D eigenvalue weighted by Crippen LogP contribution is -2.31. The first-order valence-electron chi connectivity index (χ1n) is 6.36. The standard InChI is InChI=1S/C13H19NO5S/c1-3-9-14(4-2)20(17,18)12-7-5-11(6-8-12)19-10-13(15)16/h5-8H,3-4,9-10H2,1-2H3,(H,15,16). The number of hydrogen-bond donors (Lipinski definition) is 1. The molecular weight excluding hydrogens is 282 g/mol. The Labute approximate surface area is 119 Å². The van der Waals surface area contributed by atoms with E-state index < -0.39 is 22.6 Å². The van der Waals surface area contributed by atoms with E-state index in [4.69, 9.17) is 9.84 Å². The third-order valence-corrected chi connectivity index (χ3v) is 4.64. The van der Waals surface area contributed by atoms with Gasteiger partial charge < -0.3 is 9.84 Å². The molecule has 0 radical (unpaired) electrons. The normalized spacial score (nSPS) is 11.6. The van der Waals surface area contributed by atoms with Crippen LogP contribution in [-0.4, -0.2) is 43.5 Å². The van der Waals surface area contributed by atoms with Gasteiger partial charge in [0, 0.05) is 13.1 Å². The molecule has 0 unspecified atom stereocenters. The highest BCUT2D eigenvalue weighted by molar-refractivity contribution is 7.89. The van der Waals surface area contributed by atoms with Crippen LogP contribution in [-0.2, 0) is 14.8 Å². The molecule has 0 saturated carbocycles. The molecule has 0 aliphatic heterocycles. The second kappa shape index (κ2) is 7.25. The Morgan fingerprint density at radius 1 is 1.25 bits per heavy atom. The maximum absolute atomic E-state index is 12.3. The minimum Gasteiger partial charge on any atom is -0.482 e. The third kappa shape index (κ3) is 4.21. The molecule has 0 aliphatic rings. The molecule has 0 heterocycles. The van der Waals surface area contributed by atoms with E-state index in [1.165, 1.54) is 28.6 Å². The van der Waals surface area contributed by atoms with Crippen molar-refractivity contribution >= 4 is 16.0 Å². The van der Waals surface area contributed by atoms with E-state index in [0.717, 1.165) is 6.42 Å². The second-order valence-corrected chi connectivity index (χ2v) is 6.09. The number of sulfonamides is 1. The monoisotopic (exact) mass is 301 g/mol. The van der Waals surface area contributed by atoms with E-state index in [-0.39, 0.29) is 4.90 Å². The van der Waals surface area contributed by atoms with Crippen molar-refractivity contribution in [2.45, 2.75) is 25.2 Å². The number of nitrogens with zero attached hydrogens (tertiary/aromatic N) is 1. The van der Waals surface area contributed by atoms with Gasteiger partial charge >= 0.3 is 5.97 Å². The van der Waals surface area contributed by atoms with Crippen LogP contribution in [0, 0.1) is 0 Å². The molecule has 1 N–H and O–H groups in total. The average Bonchev–Trinajstić information content (AvgIpc) is 2.42. The van der Waals surface area contributed by atoms with Crippen LogP contribution >= 0.6 is 0 Å². The maximum atomic E-state index is 12.3. The fourth-order valence-electron chi connectivity index (χ4n) is 1.70. The fraction of sp³-hybridized carbons (Fsp3) is 0.462. The highest BCUT2D eigenvalue weighted by atomic mass is 32.2. The minimum absolute atomic E-state index is 0.176. The zero-order chi connectivity index (χ0) is 15.2. The number of ether oxygens (including phenoxy) is 1. The van der Waals surface area contributed by atoms with Crippen molar-refractivity contribution in [1.82, 2.24) is 4.31 Å². The van der Waals surface area contributed by atoms with Crippen molar-refractivity contribution < 1.29 is 23.1 Å². The molecule has 0 atom stereocenters. The molecule has 7 heteroatoms. The smallest absolute Gasteiger partial charge is 0.341 e. The zero-order valence-corrected chi connectivity index (χ0v) is 12.4. The van der Waals surface area contributed by atoms with Crippen LogP contribution in [0.4, 0.5) is 0 Å². The highest BCUT2D eigenvalue weighted by Crippen LogP contribution is 2.19. The summed E-state index contributed by atoms with van der Waals surface area (Å²) in [5.74, 6) is -0.758. The van der Waals surface area contributed by atoms with Gasteiger partial charge in [0.25, 0.3) is 0 Å². The molecule has 0 bridgehead atoms. The lowest BCUT2D eigenvalue weighted by atomic mass is 10.3. The molecule has 1 aromatic rings. The summed E-state index contributed by atoms with van der Waals surface area (Å²) in [6.45, 7) is 4.13. The van der Waals surface area contributed by atoms with Crippen LogP contribution in [0.3, 0.4) is 0 Å². The Morgan fingerprint density at radius 2 is 1.85 bits per heavy atom. The molecule has 20 heavy (non-hydrogen) atoms. The maximum Gasteiger partial charge on any atom is 0.341 e. The molecule has 1 rings (SSSR count). The first kappa shape index (κ1) is 16.5. The first-order chi connectivity index (χ1) is 9.41. The van der Waals surface area contributed by atoms with Gasteiger partial charge in [-0.1, -0.05) is 13.8 Å². The van der Waals surface area contributed by atoms with Crippen LogP contribution < -0.4 is 4.74 Å². The third-order valence-electron chi connectivity index (χ3n) is 2.65. The number of carboxylic acid groups (broad SMARTS) is 1. The summed E-state index contributed by atoms with van der Waals surface area (Å²) in [4.78, 5) is 10.5. The lowest BCUT2D eigenvalue weighted by Gasteiger charge is -2.19. The van der Waals surface area contributed by atoms with E-state index in [1.807, 2.05) is 6.92 Å². The molecule has 0 aromatic heterocycles. The van der Waals surface area contributed by atoms with Gasteiger partial charge in [-0.15, -0.1) is 0 Å². The Bertz CT molecular complexity index is 538. The zero-order valence-electron chi connectivity index (χ0n) is 11.6. The number of carboxylic acids is 1. The van der Waals surface area contributed by atoms with Crippen molar-refractivity contribution in [2.24, 2.45) is 0 Å². The van der Waals surface area contributed by atoms with Crippen molar-refractivity contribution in [3.05, 3.63) is 24.3 Å². The summed E-state index contributed by atoms with van der Waals surface area (Å²) in [7, 11) is -3.50. The topological polar surface area (TPSA) is 83.9 Å². The molecule has 0 saturated heterocycles. The lowest BCUT2D eigenvalue weighted by molar-refractivity contribution is -0.139. The average molecular weight is 301 g/mol. The minimum atomic E-state index is -3.50. The van der Waals surface area contributed by atoms with E-state index in [1.54, 1.807) is 6.92 Å². The molecule has 0 amide bonds. The van der Waals surface area contributed by atoms with Gasteiger partial charge in [-0.05, 0) is 30.7 Å². The van der Waals surface area contributed by atoms with Gasteiger partial charge in [-0.2, -0.15) is 4.31 Å². The SMILES string of the molecule is CCCN(CC)S(=O)(=O)c1ccc(OCC(=O)O)cc1. The Hall–Kier alpha value is -1.60. The van der Waals surface area contributed by atoms with Crippen LogP contribution in [0.15, 0.2) is 29.2 Å². The second-order valence-electron chi connectivity index (χ2n) is 4.15. The number of carbonyl (C=O) groups is 1. The van der Waals surface area contributed by atoms with Crippen molar-refractivity contribution in [1.29, 1.82) is 0 Å². The Balaban J connectivity index is 2.88. The predicted octanol–water partition coefficient (Wildman–Crippen LogP) is 1.57. The summed E-state index contributed by atoms with van der Waals surface area (Å²) in [6, 6.07) is 5.75. The summed E-state index contributed by atoms with van der Waals surface area (Å²) in [5, 5.41) is 8.49. The van der Waals surface area contributed by atoms with E-state index in [0.29, 0.717) is 18.8 Å². The number of benzene rings is 1. The quantitative estimate of drug-likeness (QED) is 0.788. The van der Waals surface area contributed by atoms with Crippen molar-refractivity contribution in [2.75, 3.05) is 19.7 Å². The molecule has 6 nitrogen and oxygen atoms in total. The molecule has 0 fully saturated rings. The molecule has 0 spiro atoms. The van der Waals surface area contributed by atoms with E-state index in [9.17, 15) is 13.2 Å². The summed E-state index contributed by atoms with van der Waals surface area (Å²) < 4.78 is 31.0. The van der Waals surface area contributed by atoms with Gasteiger partial charge in [-0.25, -0.2) is 13.2 Å². The number of hydrogen-bond acceptors (Lipinski definition) is 4. The Morgan fingerprint density at radius 3 is 2.30 bits per heavy atom. The fourth-order valence-corrected chi connectivity index (χ4v) is 3.24. The van der Waals surface area contributed by atoms with Crippen LogP contribution in [0.2, 0.25) is 0 Å². The van der Waals surface area contributed by atoms with Crippen molar-refractivity contribution in [3.8, 4) is 5.75 Å². The molecule has 0 aliphatic carbocycles. The predicted molar refractivity (Wildman–Crippen MR) is 74.3 cm³/mol. The highest BCUT2D eigenvalue weighted by Gasteiger charge is 2.22. The summed E-state index contributed by atoms with van der Waals surface area (Å²) >= 11 is 0. The summed E-state index contributed by atoms with van der Waals surface area (Å²) in [6.07, 6.45) is 0.743. The largest absolute Gasteiger partial charge is 0.482 e. The van der Waals surface area contributed by atoms with Crippen LogP contribution in [0.5, 0.6) is 5.75 Å². The van der Waals surface area contributed by atoms with Gasteiger partial charge in [0.1, 0.15) is 5.75 Å². The van der Waals surface area contributed by atoms with E-state index >= 15 is 0 Å². The van der Waals surface area contributed by atoms with Gasteiger partial charge in [0.2, 0.25) is 10.0 Å². The molecule has 112 valence electrons. The van der Waals surface area contributed by atoms with Crippen LogP contribution in [0.25, 0.3) is 0 Å². The van der Waals surface area contributed by atoms with Gasteiger partial charge in [0.15, 0.2) is 6.61 Å².